The summed E-state index contributed by atoms with van der Waals surface area (Å²) in [7, 11) is 0. The van der Waals surface area contributed by atoms with E-state index < -0.39 is 0 Å². The van der Waals surface area contributed by atoms with E-state index in [1.54, 1.807) is 11.3 Å². The van der Waals surface area contributed by atoms with Crippen LogP contribution in [0.1, 0.15) is 41.6 Å². The lowest BCUT2D eigenvalue weighted by Gasteiger charge is -2.05. The van der Waals surface area contributed by atoms with Crippen LogP contribution in [0.25, 0.3) is 21.9 Å². The molecule has 3 heterocycles. The number of fused-ring (bicyclic) bond motifs is 2. The van der Waals surface area contributed by atoms with Crippen molar-refractivity contribution in [3.05, 3.63) is 56.4 Å². The van der Waals surface area contributed by atoms with Crippen LogP contribution in [0, 0.1) is 13.8 Å². The number of aryl methyl sites for hydroxylation is 2. The van der Waals surface area contributed by atoms with Crippen LogP contribution in [0.4, 0.5) is 0 Å². The maximum absolute atomic E-state index is 12.9. The molecular formula is C21H22N2O2S. The lowest BCUT2D eigenvalue weighted by Crippen LogP contribution is -2.20. The third-order valence-electron chi connectivity index (χ3n) is 4.87. The van der Waals surface area contributed by atoms with E-state index in [-0.39, 0.29) is 5.56 Å². The second kappa shape index (κ2) is 6.72. The van der Waals surface area contributed by atoms with Gasteiger partial charge in [-0.1, -0.05) is 19.1 Å². The Morgan fingerprint density at radius 1 is 1.27 bits per heavy atom. The molecule has 2 aromatic heterocycles. The number of allylic oxidation sites excluding steroid dienone is 1. The van der Waals surface area contributed by atoms with Gasteiger partial charge in [-0.15, -0.1) is 11.3 Å². The molecule has 4 nitrogen and oxygen atoms in total. The van der Waals surface area contributed by atoms with Gasteiger partial charge in [0.25, 0.3) is 5.56 Å². The zero-order valence-corrected chi connectivity index (χ0v) is 16.2. The Hall–Kier alpha value is -2.40. The van der Waals surface area contributed by atoms with Crippen molar-refractivity contribution in [1.82, 2.24) is 9.55 Å². The van der Waals surface area contributed by atoms with Crippen molar-refractivity contribution in [2.24, 2.45) is 0 Å². The van der Waals surface area contributed by atoms with Crippen LogP contribution in [0.3, 0.4) is 0 Å². The van der Waals surface area contributed by atoms with Gasteiger partial charge in [0.2, 0.25) is 0 Å². The summed E-state index contributed by atoms with van der Waals surface area (Å²) in [6.07, 6.45) is 3.97. The largest absolute Gasteiger partial charge is 0.494 e. The fourth-order valence-corrected chi connectivity index (χ4v) is 4.36. The smallest absolute Gasteiger partial charge is 0.262 e. The van der Waals surface area contributed by atoms with Crippen LogP contribution in [0.5, 0.6) is 5.75 Å². The summed E-state index contributed by atoms with van der Waals surface area (Å²) in [5.41, 5.74) is 3.39. The Balaban J connectivity index is 1.72. The molecule has 1 aromatic carbocycles. The summed E-state index contributed by atoms with van der Waals surface area (Å²) in [5.74, 6) is 1.71. The van der Waals surface area contributed by atoms with E-state index in [0.717, 1.165) is 57.9 Å². The first-order chi connectivity index (χ1) is 12.6. The summed E-state index contributed by atoms with van der Waals surface area (Å²) >= 11 is 1.61. The Kier molecular flexibility index (Phi) is 4.41. The lowest BCUT2D eigenvalue weighted by atomic mass is 10.1. The minimum atomic E-state index is 0.0959. The zero-order valence-electron chi connectivity index (χ0n) is 15.3. The molecule has 5 heteroatoms. The molecule has 4 rings (SSSR count). The molecule has 0 bridgehead atoms. The number of hydrogen-bond acceptors (Lipinski definition) is 4. The van der Waals surface area contributed by atoms with Gasteiger partial charge in [0.1, 0.15) is 16.4 Å². The Morgan fingerprint density at radius 2 is 2.04 bits per heavy atom. The minimum Gasteiger partial charge on any atom is -0.494 e. The van der Waals surface area contributed by atoms with Gasteiger partial charge in [0.15, 0.2) is 0 Å². The second-order valence-electron chi connectivity index (χ2n) is 6.69. The number of nitrogens with zero attached hydrogens (tertiary/aromatic N) is 2. The fourth-order valence-electron chi connectivity index (χ4n) is 3.34. The predicted molar refractivity (Wildman–Crippen MR) is 108 cm³/mol. The highest BCUT2D eigenvalue weighted by atomic mass is 32.1. The molecule has 0 N–H and O–H groups in total. The molecule has 26 heavy (non-hydrogen) atoms. The molecule has 0 radical (unpaired) electrons. The zero-order chi connectivity index (χ0) is 18.3. The molecule has 0 fully saturated rings. The molecule has 134 valence electrons. The maximum atomic E-state index is 12.9. The van der Waals surface area contributed by atoms with Gasteiger partial charge in [0.05, 0.1) is 12.0 Å². The average molecular weight is 366 g/mol. The molecule has 0 saturated heterocycles. The molecule has 1 aliphatic rings. The van der Waals surface area contributed by atoms with E-state index in [1.165, 1.54) is 4.88 Å². The first-order valence-electron chi connectivity index (χ1n) is 9.03. The second-order valence-corrected chi connectivity index (χ2v) is 7.90. The van der Waals surface area contributed by atoms with Crippen LogP contribution >= 0.6 is 11.3 Å². The molecule has 0 spiro atoms. The number of thiophene rings is 1. The first kappa shape index (κ1) is 17.0. The predicted octanol–water partition coefficient (Wildman–Crippen LogP) is 4.81. The van der Waals surface area contributed by atoms with Gasteiger partial charge in [-0.3, -0.25) is 9.36 Å². The minimum absolute atomic E-state index is 0.0959. The van der Waals surface area contributed by atoms with Gasteiger partial charge in [0, 0.05) is 11.4 Å². The highest BCUT2D eigenvalue weighted by molar-refractivity contribution is 7.18. The van der Waals surface area contributed by atoms with E-state index >= 15 is 0 Å². The summed E-state index contributed by atoms with van der Waals surface area (Å²) in [4.78, 5) is 19.7. The topological polar surface area (TPSA) is 44.1 Å². The lowest BCUT2D eigenvalue weighted by molar-refractivity contribution is 0.317. The average Bonchev–Trinajstić information content (AvgIpc) is 3.16. The van der Waals surface area contributed by atoms with Crippen molar-refractivity contribution >= 4 is 33.2 Å². The summed E-state index contributed by atoms with van der Waals surface area (Å²) in [5, 5.41) is 0.787. The molecule has 0 atom stereocenters. The Labute approximate surface area is 156 Å². The number of benzene rings is 1. The van der Waals surface area contributed by atoms with E-state index in [9.17, 15) is 4.79 Å². The fraction of sp³-hybridized carbons (Fsp3) is 0.333. The molecule has 0 unspecified atom stereocenters. The van der Waals surface area contributed by atoms with Crippen molar-refractivity contribution in [3.8, 4) is 5.75 Å². The van der Waals surface area contributed by atoms with Crippen molar-refractivity contribution in [2.45, 2.75) is 40.2 Å². The third-order valence-corrected chi connectivity index (χ3v) is 5.98. The molecule has 0 saturated carbocycles. The van der Waals surface area contributed by atoms with Gasteiger partial charge < -0.3 is 4.74 Å². The quantitative estimate of drug-likeness (QED) is 0.666. The number of hydrogen-bond donors (Lipinski definition) is 0. The van der Waals surface area contributed by atoms with E-state index in [0.29, 0.717) is 6.54 Å². The SMILES string of the molecule is CCCOc1ccc(/C=C2\CCn3c2nc2sc(C)c(C)c2c3=O)cc1. The van der Waals surface area contributed by atoms with Crippen LogP contribution in [-0.4, -0.2) is 16.2 Å². The van der Waals surface area contributed by atoms with E-state index in [4.69, 9.17) is 9.72 Å². The molecular weight excluding hydrogens is 344 g/mol. The molecule has 0 aliphatic carbocycles. The molecule has 1 aliphatic heterocycles. The van der Waals surface area contributed by atoms with Crippen LogP contribution in [0.2, 0.25) is 0 Å². The van der Waals surface area contributed by atoms with Crippen molar-refractivity contribution in [1.29, 1.82) is 0 Å². The van der Waals surface area contributed by atoms with E-state index in [2.05, 4.69) is 32.1 Å². The van der Waals surface area contributed by atoms with Crippen LogP contribution in [-0.2, 0) is 6.54 Å². The monoisotopic (exact) mass is 366 g/mol. The van der Waals surface area contributed by atoms with Gasteiger partial charge in [-0.05, 0) is 61.6 Å². The summed E-state index contributed by atoms with van der Waals surface area (Å²) in [6.45, 7) is 7.60. The van der Waals surface area contributed by atoms with E-state index in [1.807, 2.05) is 23.6 Å². The number of ether oxygens (including phenoxy) is 1. The maximum Gasteiger partial charge on any atom is 0.262 e. The summed E-state index contributed by atoms with van der Waals surface area (Å²) in [6, 6.07) is 8.09. The molecule has 3 aromatic rings. The van der Waals surface area contributed by atoms with Crippen molar-refractivity contribution < 1.29 is 4.74 Å². The van der Waals surface area contributed by atoms with Crippen LogP contribution in [0.15, 0.2) is 29.1 Å². The van der Waals surface area contributed by atoms with Gasteiger partial charge >= 0.3 is 0 Å². The summed E-state index contributed by atoms with van der Waals surface area (Å²) < 4.78 is 7.46. The van der Waals surface area contributed by atoms with Crippen molar-refractivity contribution in [2.75, 3.05) is 6.61 Å². The Bertz CT molecular complexity index is 1060. The number of rotatable bonds is 4. The highest BCUT2D eigenvalue weighted by Crippen LogP contribution is 2.32. The normalized spacial score (nSPS) is 15.0. The van der Waals surface area contributed by atoms with Crippen molar-refractivity contribution in [3.63, 3.8) is 0 Å². The number of aromatic nitrogens is 2. The van der Waals surface area contributed by atoms with Crippen LogP contribution < -0.4 is 10.3 Å². The highest BCUT2D eigenvalue weighted by Gasteiger charge is 2.23. The molecule has 0 amide bonds. The van der Waals surface area contributed by atoms with Gasteiger partial charge in [-0.2, -0.15) is 0 Å². The Morgan fingerprint density at radius 3 is 2.77 bits per heavy atom. The standard InChI is InChI=1S/C21H22N2O2S/c1-4-11-25-17-7-5-15(6-8-17)12-16-9-10-23-19(16)22-20-18(21(23)24)13(2)14(3)26-20/h5-8,12H,4,9-11H2,1-3H3/b16-12+. The third kappa shape index (κ3) is 2.86. The van der Waals surface area contributed by atoms with Gasteiger partial charge in [-0.25, -0.2) is 4.98 Å². The first-order valence-corrected chi connectivity index (χ1v) is 9.84.